The van der Waals surface area contributed by atoms with E-state index in [0.29, 0.717) is 24.3 Å². The van der Waals surface area contributed by atoms with Crippen LogP contribution >= 0.6 is 0 Å². The zero-order valence-corrected chi connectivity index (χ0v) is 19.9. The Kier molecular flexibility index (Phi) is 6.48. The smallest absolute Gasteiger partial charge is 0.259 e. The van der Waals surface area contributed by atoms with E-state index >= 15 is 0 Å². The van der Waals surface area contributed by atoms with Gasteiger partial charge in [0, 0.05) is 31.1 Å². The zero-order valence-electron chi connectivity index (χ0n) is 19.9. The summed E-state index contributed by atoms with van der Waals surface area (Å²) in [6, 6.07) is 15.4. The number of aryl methyl sites for hydroxylation is 2. The first-order valence-electron chi connectivity index (χ1n) is 11.8. The van der Waals surface area contributed by atoms with Gasteiger partial charge >= 0.3 is 0 Å². The second-order valence-electron chi connectivity index (χ2n) is 8.85. The van der Waals surface area contributed by atoms with Crippen molar-refractivity contribution in [2.45, 2.75) is 39.2 Å². The van der Waals surface area contributed by atoms with Crippen molar-refractivity contribution in [3.8, 4) is 11.6 Å². The fraction of sp³-hybridized carbons (Fsp3) is 0.250. The maximum absolute atomic E-state index is 13.7. The highest BCUT2D eigenvalue weighted by molar-refractivity contribution is 5.96. The number of likely N-dealkylation sites (tertiary alicyclic amines) is 1. The van der Waals surface area contributed by atoms with Crippen LogP contribution in [0.25, 0.3) is 0 Å². The molecule has 7 heteroatoms. The molecule has 1 unspecified atom stereocenters. The third kappa shape index (κ3) is 5.19. The molecule has 35 heavy (non-hydrogen) atoms. The molecule has 1 atom stereocenters. The van der Waals surface area contributed by atoms with Crippen LogP contribution in [0.4, 0.5) is 0 Å². The number of aromatic nitrogens is 4. The number of rotatable bonds is 6. The van der Waals surface area contributed by atoms with E-state index in [1.807, 2.05) is 24.0 Å². The van der Waals surface area contributed by atoms with E-state index in [1.165, 1.54) is 11.1 Å². The molecule has 0 spiro atoms. The summed E-state index contributed by atoms with van der Waals surface area (Å²) in [7, 11) is 0. The molecule has 0 aliphatic carbocycles. The molecule has 5 rings (SSSR count). The van der Waals surface area contributed by atoms with E-state index in [2.05, 4.69) is 46.1 Å². The van der Waals surface area contributed by atoms with Crippen LogP contribution in [-0.4, -0.2) is 37.3 Å². The standard InChI is InChI=1S/C28H27N5O2/c1-19-6-3-7-21(14-19)15-22-16-29-18-25(32-22)26-9-5-13-33(26)28(34)24-8-4-12-30-27(24)35-23-11-10-20(2)31-17-23/h3-4,6-8,10-12,14,16-18,26H,5,9,13,15H2,1-2H3. The summed E-state index contributed by atoms with van der Waals surface area (Å²) in [5, 5.41) is 0. The first-order valence-corrected chi connectivity index (χ1v) is 11.8. The van der Waals surface area contributed by atoms with E-state index in [4.69, 9.17) is 9.72 Å². The van der Waals surface area contributed by atoms with Crippen molar-refractivity contribution >= 4 is 5.91 Å². The van der Waals surface area contributed by atoms with Crippen molar-refractivity contribution in [3.63, 3.8) is 0 Å². The van der Waals surface area contributed by atoms with E-state index in [9.17, 15) is 4.79 Å². The molecular weight excluding hydrogens is 438 g/mol. The summed E-state index contributed by atoms with van der Waals surface area (Å²) in [6.45, 7) is 4.64. The Labute approximate surface area is 204 Å². The summed E-state index contributed by atoms with van der Waals surface area (Å²) >= 11 is 0. The van der Waals surface area contributed by atoms with E-state index in [-0.39, 0.29) is 17.8 Å². The van der Waals surface area contributed by atoms with E-state index in [0.717, 1.165) is 29.9 Å². The summed E-state index contributed by atoms with van der Waals surface area (Å²) < 4.78 is 5.93. The van der Waals surface area contributed by atoms with Gasteiger partial charge in [-0.25, -0.2) is 4.98 Å². The highest BCUT2D eigenvalue weighted by atomic mass is 16.5. The Bertz CT molecular complexity index is 1340. The number of carbonyl (C=O) groups is 1. The molecule has 1 aliphatic rings. The summed E-state index contributed by atoms with van der Waals surface area (Å²) in [5.41, 5.74) is 5.43. The minimum Gasteiger partial charge on any atom is -0.437 e. The minimum absolute atomic E-state index is 0.124. The van der Waals surface area contributed by atoms with Crippen molar-refractivity contribution < 1.29 is 9.53 Å². The van der Waals surface area contributed by atoms with Crippen LogP contribution in [-0.2, 0) is 6.42 Å². The van der Waals surface area contributed by atoms with Gasteiger partial charge in [0.2, 0.25) is 5.88 Å². The molecule has 4 heterocycles. The van der Waals surface area contributed by atoms with Crippen LogP contribution < -0.4 is 4.74 Å². The number of carbonyl (C=O) groups excluding carboxylic acids is 1. The quantitative estimate of drug-likeness (QED) is 0.387. The Hall–Kier alpha value is -4.13. The average Bonchev–Trinajstić information content (AvgIpc) is 3.36. The van der Waals surface area contributed by atoms with Crippen molar-refractivity contribution in [1.29, 1.82) is 0 Å². The average molecular weight is 466 g/mol. The van der Waals surface area contributed by atoms with Crippen LogP contribution in [0.15, 0.2) is 73.3 Å². The van der Waals surface area contributed by atoms with Crippen molar-refractivity contribution in [2.24, 2.45) is 0 Å². The first-order chi connectivity index (χ1) is 17.1. The third-order valence-corrected chi connectivity index (χ3v) is 6.13. The van der Waals surface area contributed by atoms with Gasteiger partial charge in [0.1, 0.15) is 11.3 Å². The third-order valence-electron chi connectivity index (χ3n) is 6.13. The number of pyridine rings is 2. The molecule has 1 fully saturated rings. The van der Waals surface area contributed by atoms with Gasteiger partial charge in [0.25, 0.3) is 5.91 Å². The first kappa shape index (κ1) is 22.7. The lowest BCUT2D eigenvalue weighted by Crippen LogP contribution is -2.31. The van der Waals surface area contributed by atoms with Crippen molar-refractivity contribution in [1.82, 2.24) is 24.8 Å². The van der Waals surface area contributed by atoms with Gasteiger partial charge < -0.3 is 9.64 Å². The predicted molar refractivity (Wildman–Crippen MR) is 132 cm³/mol. The number of hydrogen-bond acceptors (Lipinski definition) is 6. The number of benzene rings is 1. The lowest BCUT2D eigenvalue weighted by molar-refractivity contribution is 0.0729. The molecular formula is C28H27N5O2. The van der Waals surface area contributed by atoms with E-state index in [1.54, 1.807) is 36.9 Å². The van der Waals surface area contributed by atoms with Gasteiger partial charge in [0.15, 0.2) is 0 Å². The molecule has 0 radical (unpaired) electrons. The minimum atomic E-state index is -0.137. The van der Waals surface area contributed by atoms with Gasteiger partial charge in [-0.15, -0.1) is 0 Å². The fourth-order valence-electron chi connectivity index (χ4n) is 4.43. The lowest BCUT2D eigenvalue weighted by atomic mass is 10.1. The van der Waals surface area contributed by atoms with Crippen LogP contribution in [0.3, 0.4) is 0 Å². The van der Waals surface area contributed by atoms with Gasteiger partial charge in [-0.1, -0.05) is 29.8 Å². The van der Waals surface area contributed by atoms with Crippen LogP contribution in [0.1, 0.15) is 57.5 Å². The highest BCUT2D eigenvalue weighted by Crippen LogP contribution is 2.34. The van der Waals surface area contributed by atoms with Gasteiger partial charge in [-0.05, 0) is 56.5 Å². The molecule has 3 aromatic heterocycles. The predicted octanol–water partition coefficient (Wildman–Crippen LogP) is 5.24. The normalized spacial score (nSPS) is 15.3. The van der Waals surface area contributed by atoms with Crippen LogP contribution in [0.5, 0.6) is 11.6 Å². The number of amides is 1. The maximum Gasteiger partial charge on any atom is 0.259 e. The summed E-state index contributed by atoms with van der Waals surface area (Å²) in [6.07, 6.45) is 9.27. The molecule has 0 N–H and O–H groups in total. The van der Waals surface area contributed by atoms with Crippen molar-refractivity contribution in [3.05, 3.63) is 107 Å². The highest BCUT2D eigenvalue weighted by Gasteiger charge is 2.33. The summed E-state index contributed by atoms with van der Waals surface area (Å²) in [4.78, 5) is 33.4. The van der Waals surface area contributed by atoms with Gasteiger partial charge in [-0.2, -0.15) is 0 Å². The number of hydrogen-bond donors (Lipinski definition) is 0. The van der Waals surface area contributed by atoms with Gasteiger partial charge in [0.05, 0.1) is 29.8 Å². The van der Waals surface area contributed by atoms with Crippen LogP contribution in [0.2, 0.25) is 0 Å². The molecule has 0 bridgehead atoms. The second-order valence-corrected chi connectivity index (χ2v) is 8.85. The zero-order chi connectivity index (χ0) is 24.2. The Morgan fingerprint density at radius 3 is 2.80 bits per heavy atom. The Morgan fingerprint density at radius 2 is 1.97 bits per heavy atom. The molecule has 7 nitrogen and oxygen atoms in total. The Morgan fingerprint density at radius 1 is 1.06 bits per heavy atom. The SMILES string of the molecule is Cc1cccc(Cc2cncc(C3CCCN3C(=O)c3cccnc3Oc3ccc(C)nc3)n2)c1. The molecule has 176 valence electrons. The molecule has 4 aromatic rings. The largest absolute Gasteiger partial charge is 0.437 e. The lowest BCUT2D eigenvalue weighted by Gasteiger charge is -2.25. The van der Waals surface area contributed by atoms with Crippen molar-refractivity contribution in [2.75, 3.05) is 6.54 Å². The monoisotopic (exact) mass is 465 g/mol. The summed E-state index contributed by atoms with van der Waals surface area (Å²) in [5.74, 6) is 0.686. The van der Waals surface area contributed by atoms with Crippen LogP contribution in [0, 0.1) is 13.8 Å². The maximum atomic E-state index is 13.7. The van der Waals surface area contributed by atoms with E-state index < -0.39 is 0 Å². The molecule has 1 aromatic carbocycles. The molecule has 1 aliphatic heterocycles. The Balaban J connectivity index is 1.38. The number of nitrogens with zero attached hydrogens (tertiary/aromatic N) is 5. The van der Waals surface area contributed by atoms with Gasteiger partial charge in [-0.3, -0.25) is 19.7 Å². The fourth-order valence-corrected chi connectivity index (χ4v) is 4.43. The molecule has 1 amide bonds. The second kappa shape index (κ2) is 10.0. The molecule has 1 saturated heterocycles. The number of ether oxygens (including phenoxy) is 1. The molecule has 0 saturated carbocycles. The topological polar surface area (TPSA) is 81.1 Å².